The molecule has 4 rings (SSSR count). The van der Waals surface area contributed by atoms with E-state index in [0.717, 1.165) is 30.6 Å². The molecule has 0 spiro atoms. The van der Waals surface area contributed by atoms with Crippen LogP contribution < -0.4 is 5.01 Å². The van der Waals surface area contributed by atoms with E-state index < -0.39 is 0 Å². The Kier molecular flexibility index (Phi) is 4.11. The average Bonchev–Trinajstić information content (AvgIpc) is 2.67. The van der Waals surface area contributed by atoms with Crippen molar-refractivity contribution in [1.82, 2.24) is 0 Å². The number of rotatable bonds is 3. The minimum absolute atomic E-state index is 1.02. The van der Waals surface area contributed by atoms with Gasteiger partial charge in [-0.15, -0.1) is 0 Å². The van der Waals surface area contributed by atoms with E-state index >= 15 is 0 Å². The highest BCUT2D eigenvalue weighted by atomic mass is 15.5. The number of benzene rings is 3. The van der Waals surface area contributed by atoms with Gasteiger partial charge in [0.1, 0.15) is 0 Å². The van der Waals surface area contributed by atoms with E-state index in [9.17, 15) is 0 Å². The maximum atomic E-state index is 5.07. The van der Waals surface area contributed by atoms with Gasteiger partial charge < -0.3 is 0 Å². The lowest BCUT2D eigenvalue weighted by Crippen LogP contribution is -2.18. The third kappa shape index (κ3) is 2.95. The zero-order valence-corrected chi connectivity index (χ0v) is 13.6. The largest absolute Gasteiger partial charge is 0.233 e. The SMILES string of the molecule is c1ccc(N(N=C2CCCc3ccccc32)c2ccccc2)cc1. The molecule has 0 aromatic heterocycles. The maximum absolute atomic E-state index is 5.07. The van der Waals surface area contributed by atoms with Gasteiger partial charge in [0, 0.05) is 5.56 Å². The highest BCUT2D eigenvalue weighted by Crippen LogP contribution is 2.28. The van der Waals surface area contributed by atoms with E-state index in [-0.39, 0.29) is 0 Å². The van der Waals surface area contributed by atoms with Crippen molar-refractivity contribution in [1.29, 1.82) is 0 Å². The van der Waals surface area contributed by atoms with Crippen LogP contribution in [0.5, 0.6) is 0 Å². The van der Waals surface area contributed by atoms with Gasteiger partial charge in [-0.1, -0.05) is 60.7 Å². The van der Waals surface area contributed by atoms with Gasteiger partial charge in [0.25, 0.3) is 0 Å². The molecule has 118 valence electrons. The lowest BCUT2D eigenvalue weighted by molar-refractivity contribution is 0.832. The summed E-state index contributed by atoms with van der Waals surface area (Å²) in [5, 5.41) is 7.12. The van der Waals surface area contributed by atoms with Gasteiger partial charge in [0.05, 0.1) is 17.1 Å². The number of aryl methyl sites for hydroxylation is 1. The zero-order valence-electron chi connectivity index (χ0n) is 13.6. The third-order valence-corrected chi connectivity index (χ3v) is 4.41. The molecular formula is C22H20N2. The van der Waals surface area contributed by atoms with E-state index in [1.165, 1.54) is 16.8 Å². The maximum Gasteiger partial charge on any atom is 0.0689 e. The van der Waals surface area contributed by atoms with Crippen molar-refractivity contribution < 1.29 is 0 Å². The van der Waals surface area contributed by atoms with Crippen molar-refractivity contribution >= 4 is 17.1 Å². The lowest BCUT2D eigenvalue weighted by atomic mass is 9.90. The van der Waals surface area contributed by atoms with E-state index in [1.807, 2.05) is 12.1 Å². The quantitative estimate of drug-likeness (QED) is 0.578. The van der Waals surface area contributed by atoms with E-state index in [2.05, 4.69) is 77.8 Å². The number of fused-ring (bicyclic) bond motifs is 1. The normalized spacial score (nSPS) is 15.1. The van der Waals surface area contributed by atoms with Gasteiger partial charge in [-0.3, -0.25) is 0 Å². The minimum atomic E-state index is 1.02. The van der Waals surface area contributed by atoms with Gasteiger partial charge in [-0.2, -0.15) is 5.10 Å². The standard InChI is InChI=1S/C22H20N2/c1-3-12-19(13-4-1)24(20-14-5-2-6-15-20)23-22-17-9-11-18-10-7-8-16-21(18)22/h1-8,10,12-16H,9,11,17H2. The minimum Gasteiger partial charge on any atom is -0.233 e. The van der Waals surface area contributed by atoms with Gasteiger partial charge in [-0.05, 0) is 49.1 Å². The fourth-order valence-corrected chi connectivity index (χ4v) is 3.23. The van der Waals surface area contributed by atoms with Crippen LogP contribution in [0.3, 0.4) is 0 Å². The first kappa shape index (κ1) is 14.7. The molecule has 2 heteroatoms. The molecule has 0 heterocycles. The molecule has 1 aliphatic rings. The molecule has 0 saturated heterocycles. The number of hydrazone groups is 1. The molecule has 1 aliphatic carbocycles. The first-order chi connectivity index (χ1) is 11.9. The highest BCUT2D eigenvalue weighted by Gasteiger charge is 2.17. The predicted molar refractivity (Wildman–Crippen MR) is 101 cm³/mol. The molecule has 0 fully saturated rings. The molecule has 3 aromatic carbocycles. The Morgan fingerprint density at radius 1 is 0.625 bits per heavy atom. The summed E-state index contributed by atoms with van der Waals surface area (Å²) in [5.74, 6) is 0. The number of para-hydroxylation sites is 2. The summed E-state index contributed by atoms with van der Waals surface area (Å²) in [7, 11) is 0. The summed E-state index contributed by atoms with van der Waals surface area (Å²) >= 11 is 0. The van der Waals surface area contributed by atoms with E-state index in [0.29, 0.717) is 0 Å². The summed E-state index contributed by atoms with van der Waals surface area (Å²) in [6.45, 7) is 0. The second-order valence-corrected chi connectivity index (χ2v) is 6.04. The first-order valence-electron chi connectivity index (χ1n) is 8.48. The smallest absolute Gasteiger partial charge is 0.0689 e. The van der Waals surface area contributed by atoms with E-state index in [4.69, 9.17) is 5.10 Å². The van der Waals surface area contributed by atoms with Crippen LogP contribution in [0.1, 0.15) is 24.0 Å². The van der Waals surface area contributed by atoms with Crippen LogP contribution in [0.2, 0.25) is 0 Å². The molecular weight excluding hydrogens is 292 g/mol. The Balaban J connectivity index is 1.81. The summed E-state index contributed by atoms with van der Waals surface area (Å²) in [5.41, 5.74) is 6.03. The van der Waals surface area contributed by atoms with Crippen LogP contribution in [0, 0.1) is 0 Å². The molecule has 0 N–H and O–H groups in total. The molecule has 0 unspecified atom stereocenters. The van der Waals surface area contributed by atoms with Crippen molar-refractivity contribution in [2.75, 3.05) is 5.01 Å². The lowest BCUT2D eigenvalue weighted by Gasteiger charge is -2.24. The molecule has 0 bridgehead atoms. The summed E-state index contributed by atoms with van der Waals surface area (Å²) < 4.78 is 0. The van der Waals surface area contributed by atoms with Gasteiger partial charge >= 0.3 is 0 Å². The van der Waals surface area contributed by atoms with Crippen LogP contribution in [0.25, 0.3) is 0 Å². The molecule has 0 radical (unpaired) electrons. The Morgan fingerprint density at radius 2 is 1.21 bits per heavy atom. The van der Waals surface area contributed by atoms with Gasteiger partial charge in [0.15, 0.2) is 0 Å². The second-order valence-electron chi connectivity index (χ2n) is 6.04. The molecule has 3 aromatic rings. The Bertz CT molecular complexity index is 799. The highest BCUT2D eigenvalue weighted by molar-refractivity contribution is 6.03. The molecule has 0 amide bonds. The topological polar surface area (TPSA) is 15.6 Å². The van der Waals surface area contributed by atoms with Crippen LogP contribution in [0.15, 0.2) is 90.0 Å². The Morgan fingerprint density at radius 3 is 1.88 bits per heavy atom. The molecule has 0 aliphatic heterocycles. The Hall–Kier alpha value is -2.87. The van der Waals surface area contributed by atoms with Crippen LogP contribution in [0.4, 0.5) is 11.4 Å². The van der Waals surface area contributed by atoms with Crippen LogP contribution in [-0.4, -0.2) is 5.71 Å². The number of hydrogen-bond donors (Lipinski definition) is 0. The Labute approximate surface area is 143 Å². The van der Waals surface area contributed by atoms with Crippen molar-refractivity contribution in [3.8, 4) is 0 Å². The van der Waals surface area contributed by atoms with Crippen molar-refractivity contribution in [3.05, 3.63) is 96.1 Å². The summed E-state index contributed by atoms with van der Waals surface area (Å²) in [6.07, 6.45) is 3.33. The van der Waals surface area contributed by atoms with Crippen molar-refractivity contribution in [3.63, 3.8) is 0 Å². The van der Waals surface area contributed by atoms with Gasteiger partial charge in [-0.25, -0.2) is 5.01 Å². The third-order valence-electron chi connectivity index (χ3n) is 4.41. The average molecular weight is 312 g/mol. The summed E-state index contributed by atoms with van der Waals surface area (Å²) in [4.78, 5) is 0. The van der Waals surface area contributed by atoms with Gasteiger partial charge in [0.2, 0.25) is 0 Å². The second kappa shape index (κ2) is 6.71. The van der Waals surface area contributed by atoms with Crippen molar-refractivity contribution in [2.45, 2.75) is 19.3 Å². The van der Waals surface area contributed by atoms with Crippen LogP contribution >= 0.6 is 0 Å². The monoisotopic (exact) mass is 312 g/mol. The van der Waals surface area contributed by atoms with E-state index in [1.54, 1.807) is 0 Å². The van der Waals surface area contributed by atoms with Crippen LogP contribution in [-0.2, 0) is 6.42 Å². The fourth-order valence-electron chi connectivity index (χ4n) is 3.23. The fraction of sp³-hybridized carbons (Fsp3) is 0.136. The summed E-state index contributed by atoms with van der Waals surface area (Å²) in [6, 6.07) is 29.4. The molecule has 2 nitrogen and oxygen atoms in total. The number of hydrogen-bond acceptors (Lipinski definition) is 2. The number of nitrogens with zero attached hydrogens (tertiary/aromatic N) is 2. The van der Waals surface area contributed by atoms with Crippen molar-refractivity contribution in [2.24, 2.45) is 5.10 Å². The molecule has 0 saturated carbocycles. The predicted octanol–water partition coefficient (Wildman–Crippen LogP) is 5.57. The molecule has 0 atom stereocenters. The number of anilines is 2. The molecule has 24 heavy (non-hydrogen) atoms. The zero-order chi connectivity index (χ0) is 16.2. The first-order valence-corrected chi connectivity index (χ1v) is 8.48.